The van der Waals surface area contributed by atoms with Crippen molar-refractivity contribution in [2.75, 3.05) is 13.9 Å². The molecule has 2 aromatic rings. The van der Waals surface area contributed by atoms with Crippen molar-refractivity contribution in [3.63, 3.8) is 0 Å². The fraction of sp³-hybridized carbons (Fsp3) is 0.308. The predicted molar refractivity (Wildman–Crippen MR) is 64.9 cm³/mol. The average molecular weight is 233 g/mol. The van der Waals surface area contributed by atoms with Gasteiger partial charge in [-0.05, 0) is 19.1 Å². The van der Waals surface area contributed by atoms with Crippen LogP contribution in [0, 0.1) is 6.92 Å². The molecule has 0 unspecified atom stereocenters. The third-order valence-corrected chi connectivity index (χ3v) is 2.65. The average Bonchev–Trinajstić information content (AvgIpc) is 2.37. The van der Waals surface area contributed by atoms with Gasteiger partial charge >= 0.3 is 0 Å². The van der Waals surface area contributed by atoms with E-state index < -0.39 is 0 Å². The van der Waals surface area contributed by atoms with Crippen LogP contribution >= 0.6 is 0 Å². The third kappa shape index (κ3) is 2.23. The Morgan fingerprint density at radius 1 is 1.29 bits per heavy atom. The normalized spacial score (nSPS) is 10.8. The minimum Gasteiger partial charge on any atom is -0.467 e. The second-order valence-corrected chi connectivity index (χ2v) is 3.74. The zero-order chi connectivity index (χ0) is 12.3. The maximum absolute atomic E-state index is 9.28. The minimum atomic E-state index is -0.0972. The van der Waals surface area contributed by atoms with Gasteiger partial charge in [-0.3, -0.25) is 0 Å². The Bertz CT molecular complexity index is 525. The first-order valence-corrected chi connectivity index (χ1v) is 5.38. The summed E-state index contributed by atoms with van der Waals surface area (Å²) in [5, 5.41) is 10.2. The monoisotopic (exact) mass is 233 g/mol. The molecule has 4 heteroatoms. The van der Waals surface area contributed by atoms with Crippen LogP contribution in [0.15, 0.2) is 24.3 Å². The van der Waals surface area contributed by atoms with E-state index in [-0.39, 0.29) is 13.4 Å². The summed E-state index contributed by atoms with van der Waals surface area (Å²) in [6, 6.07) is 7.68. The maximum Gasteiger partial charge on any atom is 0.188 e. The quantitative estimate of drug-likeness (QED) is 0.821. The van der Waals surface area contributed by atoms with Crippen molar-refractivity contribution in [1.29, 1.82) is 0 Å². The zero-order valence-corrected chi connectivity index (χ0v) is 9.93. The van der Waals surface area contributed by atoms with Gasteiger partial charge in [0.25, 0.3) is 0 Å². The van der Waals surface area contributed by atoms with E-state index in [1.54, 1.807) is 7.11 Å². The lowest BCUT2D eigenvalue weighted by atomic mass is 10.1. The first-order chi connectivity index (χ1) is 8.27. The summed E-state index contributed by atoms with van der Waals surface area (Å²) < 4.78 is 10.5. The number of aromatic nitrogens is 1. The number of hydrogen-bond acceptors (Lipinski definition) is 4. The predicted octanol–water partition coefficient (Wildman–Crippen LogP) is 2.02. The molecule has 0 aliphatic heterocycles. The molecule has 17 heavy (non-hydrogen) atoms. The minimum absolute atomic E-state index is 0.0972. The van der Waals surface area contributed by atoms with E-state index >= 15 is 0 Å². The van der Waals surface area contributed by atoms with Crippen LogP contribution < -0.4 is 4.74 Å². The van der Waals surface area contributed by atoms with E-state index in [1.807, 2.05) is 31.2 Å². The lowest BCUT2D eigenvalue weighted by molar-refractivity contribution is 0.0515. The number of hydrogen-bond donors (Lipinski definition) is 1. The summed E-state index contributed by atoms with van der Waals surface area (Å²) in [7, 11) is 1.58. The van der Waals surface area contributed by atoms with E-state index in [9.17, 15) is 5.11 Å². The van der Waals surface area contributed by atoms with Gasteiger partial charge < -0.3 is 14.6 Å². The Balaban J connectivity index is 2.62. The van der Waals surface area contributed by atoms with Gasteiger partial charge in [0.1, 0.15) is 5.75 Å². The van der Waals surface area contributed by atoms with E-state index in [2.05, 4.69) is 4.98 Å². The lowest BCUT2D eigenvalue weighted by Gasteiger charge is -2.13. The highest BCUT2D eigenvalue weighted by molar-refractivity contribution is 5.86. The van der Waals surface area contributed by atoms with Crippen molar-refractivity contribution in [1.82, 2.24) is 4.98 Å². The molecule has 2 rings (SSSR count). The Morgan fingerprint density at radius 2 is 2.06 bits per heavy atom. The number of fused-ring (bicyclic) bond motifs is 1. The molecule has 0 bridgehead atoms. The van der Waals surface area contributed by atoms with Gasteiger partial charge in [-0.1, -0.05) is 12.1 Å². The summed E-state index contributed by atoms with van der Waals surface area (Å²) in [4.78, 5) is 4.39. The number of nitrogens with zero attached hydrogens (tertiary/aromatic N) is 1. The summed E-state index contributed by atoms with van der Waals surface area (Å²) in [5.74, 6) is 0.724. The smallest absolute Gasteiger partial charge is 0.188 e. The Morgan fingerprint density at radius 3 is 2.76 bits per heavy atom. The van der Waals surface area contributed by atoms with Crippen molar-refractivity contribution in [2.24, 2.45) is 0 Å². The number of aliphatic hydroxyl groups excluding tert-OH is 1. The molecule has 0 amide bonds. The molecule has 4 nitrogen and oxygen atoms in total. The van der Waals surface area contributed by atoms with Crippen LogP contribution in [0.25, 0.3) is 10.9 Å². The van der Waals surface area contributed by atoms with Crippen LogP contribution in [-0.4, -0.2) is 24.0 Å². The van der Waals surface area contributed by atoms with Gasteiger partial charge in [-0.15, -0.1) is 0 Å². The third-order valence-electron chi connectivity index (χ3n) is 2.65. The van der Waals surface area contributed by atoms with Crippen LogP contribution in [0.5, 0.6) is 5.75 Å². The van der Waals surface area contributed by atoms with Crippen molar-refractivity contribution >= 4 is 10.9 Å². The van der Waals surface area contributed by atoms with Gasteiger partial charge in [0, 0.05) is 18.1 Å². The molecule has 0 saturated carbocycles. The number of rotatable bonds is 4. The molecule has 1 N–H and O–H groups in total. The van der Waals surface area contributed by atoms with Gasteiger partial charge in [0.05, 0.1) is 17.8 Å². The number of pyridine rings is 1. The summed E-state index contributed by atoms with van der Waals surface area (Å²) in [6.45, 7) is 1.97. The van der Waals surface area contributed by atoms with Crippen molar-refractivity contribution in [3.05, 3.63) is 35.5 Å². The Hall–Kier alpha value is -1.65. The van der Waals surface area contributed by atoms with E-state index in [0.29, 0.717) is 5.69 Å². The topological polar surface area (TPSA) is 51.6 Å². The van der Waals surface area contributed by atoms with Crippen LogP contribution in [0.4, 0.5) is 0 Å². The SMILES string of the molecule is COCOc1c(C)c(CO)nc2ccccc12. The summed E-state index contributed by atoms with van der Waals surface area (Å²) in [6.07, 6.45) is 0. The first kappa shape index (κ1) is 11.8. The Kier molecular flexibility index (Phi) is 3.56. The molecule has 90 valence electrons. The lowest BCUT2D eigenvalue weighted by Crippen LogP contribution is -2.04. The van der Waals surface area contributed by atoms with Crippen LogP contribution in [-0.2, 0) is 11.3 Å². The van der Waals surface area contributed by atoms with Crippen molar-refractivity contribution < 1.29 is 14.6 Å². The number of methoxy groups -OCH3 is 1. The first-order valence-electron chi connectivity index (χ1n) is 5.38. The summed E-state index contributed by atoms with van der Waals surface area (Å²) in [5.41, 5.74) is 2.30. The molecule has 1 heterocycles. The van der Waals surface area contributed by atoms with Gasteiger partial charge in [-0.25, -0.2) is 4.98 Å². The highest BCUT2D eigenvalue weighted by Crippen LogP contribution is 2.30. The fourth-order valence-electron chi connectivity index (χ4n) is 1.78. The molecular weight excluding hydrogens is 218 g/mol. The van der Waals surface area contributed by atoms with Gasteiger partial charge in [-0.2, -0.15) is 0 Å². The van der Waals surface area contributed by atoms with Crippen LogP contribution in [0.1, 0.15) is 11.3 Å². The molecule has 1 aromatic carbocycles. The zero-order valence-electron chi connectivity index (χ0n) is 9.93. The molecule has 0 atom stereocenters. The molecule has 0 aliphatic rings. The van der Waals surface area contributed by atoms with Crippen molar-refractivity contribution in [3.8, 4) is 5.75 Å². The molecule has 0 radical (unpaired) electrons. The number of ether oxygens (including phenoxy) is 2. The molecule has 0 aliphatic carbocycles. The van der Waals surface area contributed by atoms with Crippen LogP contribution in [0.3, 0.4) is 0 Å². The largest absolute Gasteiger partial charge is 0.467 e. The molecule has 0 saturated heterocycles. The van der Waals surface area contributed by atoms with E-state index in [4.69, 9.17) is 9.47 Å². The highest BCUT2D eigenvalue weighted by atomic mass is 16.7. The second kappa shape index (κ2) is 5.12. The molecule has 0 spiro atoms. The van der Waals surface area contributed by atoms with E-state index in [1.165, 1.54) is 0 Å². The van der Waals surface area contributed by atoms with Gasteiger partial charge in [0.2, 0.25) is 0 Å². The van der Waals surface area contributed by atoms with Gasteiger partial charge in [0.15, 0.2) is 6.79 Å². The number of aliphatic hydroxyl groups is 1. The van der Waals surface area contributed by atoms with Crippen LogP contribution in [0.2, 0.25) is 0 Å². The number of para-hydroxylation sites is 1. The fourth-order valence-corrected chi connectivity index (χ4v) is 1.78. The standard InChI is InChI=1S/C13H15NO3/c1-9-12(7-15)14-11-6-4-3-5-10(11)13(9)17-8-16-2/h3-6,15H,7-8H2,1-2H3. The second-order valence-electron chi connectivity index (χ2n) is 3.74. The number of benzene rings is 1. The molecular formula is C13H15NO3. The van der Waals surface area contributed by atoms with Crippen molar-refractivity contribution in [2.45, 2.75) is 13.5 Å². The van der Waals surface area contributed by atoms with E-state index in [0.717, 1.165) is 22.2 Å². The molecule has 1 aromatic heterocycles. The summed E-state index contributed by atoms with van der Waals surface area (Å²) >= 11 is 0. The highest BCUT2D eigenvalue weighted by Gasteiger charge is 2.11. The Labute approximate surface area is 99.8 Å². The maximum atomic E-state index is 9.28. The molecule has 0 fully saturated rings.